The van der Waals surface area contributed by atoms with Gasteiger partial charge in [-0.2, -0.15) is 0 Å². The molecule has 126 valence electrons. The fraction of sp³-hybridized carbons (Fsp3) is 0.188. The number of amides is 2. The predicted molar refractivity (Wildman–Crippen MR) is 99.1 cm³/mol. The molecular weight excluding hydrogens is 394 g/mol. The molecule has 0 aliphatic carbocycles. The minimum Gasteiger partial charge on any atom is -0.308 e. The lowest BCUT2D eigenvalue weighted by Crippen LogP contribution is -2.27. The summed E-state index contributed by atoms with van der Waals surface area (Å²) in [5.41, 5.74) is 2.89. The van der Waals surface area contributed by atoms with E-state index in [9.17, 15) is 13.2 Å². The summed E-state index contributed by atoms with van der Waals surface area (Å²) in [7, 11) is -3.27. The molecule has 2 aromatic carbocycles. The highest BCUT2D eigenvalue weighted by Gasteiger charge is 2.26. The van der Waals surface area contributed by atoms with Crippen LogP contribution in [0.1, 0.15) is 5.56 Å². The molecule has 24 heavy (non-hydrogen) atoms. The van der Waals surface area contributed by atoms with Crippen LogP contribution in [0.15, 0.2) is 46.9 Å². The summed E-state index contributed by atoms with van der Waals surface area (Å²) in [6, 6.07) is 12.1. The summed E-state index contributed by atoms with van der Waals surface area (Å²) in [6.07, 6.45) is 1.83. The van der Waals surface area contributed by atoms with E-state index in [0.717, 1.165) is 10.0 Å². The molecule has 0 bridgehead atoms. The number of carbonyl (C=O) groups is 1. The van der Waals surface area contributed by atoms with Gasteiger partial charge >= 0.3 is 6.03 Å². The molecule has 1 aliphatic heterocycles. The van der Waals surface area contributed by atoms with E-state index in [4.69, 9.17) is 0 Å². The summed E-state index contributed by atoms with van der Waals surface area (Å²) in [5, 5.41) is 5.50. The highest BCUT2D eigenvalue weighted by atomic mass is 79.9. The van der Waals surface area contributed by atoms with E-state index in [-0.39, 0.29) is 6.03 Å². The Balaban J connectivity index is 1.71. The van der Waals surface area contributed by atoms with E-state index in [1.165, 1.54) is 10.6 Å². The third-order valence-electron chi connectivity index (χ3n) is 3.69. The number of carbonyl (C=O) groups excluding carboxylic acids is 1. The Hall–Kier alpha value is -2.06. The first-order chi connectivity index (χ1) is 11.3. The molecule has 6 nitrogen and oxygen atoms in total. The van der Waals surface area contributed by atoms with Crippen LogP contribution in [0.25, 0.3) is 0 Å². The molecule has 1 aliphatic rings. The van der Waals surface area contributed by atoms with Crippen LogP contribution in [0.3, 0.4) is 0 Å². The zero-order valence-electron chi connectivity index (χ0n) is 12.9. The second-order valence-electron chi connectivity index (χ2n) is 5.51. The molecule has 0 spiro atoms. The molecule has 0 unspecified atom stereocenters. The molecule has 0 atom stereocenters. The molecule has 0 aromatic heterocycles. The van der Waals surface area contributed by atoms with Crippen LogP contribution in [0.2, 0.25) is 0 Å². The van der Waals surface area contributed by atoms with Crippen molar-refractivity contribution in [1.29, 1.82) is 0 Å². The number of urea groups is 1. The van der Waals surface area contributed by atoms with Crippen molar-refractivity contribution in [2.45, 2.75) is 6.42 Å². The maximum Gasteiger partial charge on any atom is 0.323 e. The van der Waals surface area contributed by atoms with Gasteiger partial charge in [0.1, 0.15) is 0 Å². The first-order valence-electron chi connectivity index (χ1n) is 7.27. The van der Waals surface area contributed by atoms with E-state index in [1.807, 2.05) is 18.2 Å². The number of nitrogens with zero attached hydrogens (tertiary/aromatic N) is 1. The van der Waals surface area contributed by atoms with Crippen molar-refractivity contribution in [3.05, 3.63) is 52.5 Å². The number of sulfonamides is 1. The van der Waals surface area contributed by atoms with Crippen molar-refractivity contribution < 1.29 is 13.2 Å². The zero-order valence-corrected chi connectivity index (χ0v) is 15.3. The molecule has 2 aromatic rings. The van der Waals surface area contributed by atoms with E-state index in [2.05, 4.69) is 26.6 Å². The molecule has 2 amide bonds. The van der Waals surface area contributed by atoms with Crippen LogP contribution in [-0.4, -0.2) is 27.2 Å². The highest BCUT2D eigenvalue weighted by molar-refractivity contribution is 9.10. The Morgan fingerprint density at radius 3 is 2.38 bits per heavy atom. The zero-order chi connectivity index (χ0) is 17.3. The number of hydrogen-bond acceptors (Lipinski definition) is 3. The molecule has 0 saturated heterocycles. The maximum absolute atomic E-state index is 12.1. The third kappa shape index (κ3) is 3.70. The van der Waals surface area contributed by atoms with Crippen LogP contribution in [0.5, 0.6) is 0 Å². The van der Waals surface area contributed by atoms with Crippen molar-refractivity contribution in [1.82, 2.24) is 0 Å². The number of rotatable bonds is 3. The van der Waals surface area contributed by atoms with Crippen molar-refractivity contribution in [3.63, 3.8) is 0 Å². The van der Waals surface area contributed by atoms with Gasteiger partial charge in [-0.3, -0.25) is 4.31 Å². The largest absolute Gasteiger partial charge is 0.323 e. The molecule has 8 heteroatoms. The monoisotopic (exact) mass is 409 g/mol. The first kappa shape index (κ1) is 16.8. The molecule has 2 N–H and O–H groups in total. The Morgan fingerprint density at radius 1 is 1.08 bits per heavy atom. The lowest BCUT2D eigenvalue weighted by Gasteiger charge is -2.16. The lowest BCUT2D eigenvalue weighted by molar-refractivity contribution is 0.262. The van der Waals surface area contributed by atoms with Gasteiger partial charge in [-0.1, -0.05) is 15.9 Å². The Kier molecular flexibility index (Phi) is 4.51. The molecule has 1 heterocycles. The second-order valence-corrected chi connectivity index (χ2v) is 8.34. The number of hydrogen-bond donors (Lipinski definition) is 2. The quantitative estimate of drug-likeness (QED) is 0.814. The number of anilines is 3. The molecule has 0 saturated carbocycles. The van der Waals surface area contributed by atoms with Gasteiger partial charge in [0.05, 0.1) is 11.9 Å². The number of benzene rings is 2. The summed E-state index contributed by atoms with van der Waals surface area (Å²) < 4.78 is 25.8. The lowest BCUT2D eigenvalue weighted by atomic mass is 10.1. The maximum atomic E-state index is 12.1. The van der Waals surface area contributed by atoms with Crippen molar-refractivity contribution in [2.75, 3.05) is 27.7 Å². The van der Waals surface area contributed by atoms with E-state index in [1.54, 1.807) is 24.3 Å². The normalized spacial score (nSPS) is 13.5. The minimum absolute atomic E-state index is 0.352. The van der Waals surface area contributed by atoms with Crippen LogP contribution in [-0.2, 0) is 16.4 Å². The van der Waals surface area contributed by atoms with Crippen LogP contribution in [0.4, 0.5) is 21.9 Å². The van der Waals surface area contributed by atoms with Crippen LogP contribution < -0.4 is 14.9 Å². The minimum atomic E-state index is -3.27. The SMILES string of the molecule is CS(=O)(=O)N1CCc2cc(NC(=O)Nc3ccc(Br)cc3)ccc21. The summed E-state index contributed by atoms with van der Waals surface area (Å²) in [4.78, 5) is 12.1. The van der Waals surface area contributed by atoms with Gasteiger partial charge in [0, 0.05) is 22.4 Å². The topological polar surface area (TPSA) is 78.5 Å². The summed E-state index contributed by atoms with van der Waals surface area (Å²) in [5.74, 6) is 0. The van der Waals surface area contributed by atoms with Crippen LogP contribution >= 0.6 is 15.9 Å². The predicted octanol–water partition coefficient (Wildman–Crippen LogP) is 3.42. The average Bonchev–Trinajstić information content (AvgIpc) is 2.93. The van der Waals surface area contributed by atoms with Gasteiger partial charge in [0.15, 0.2) is 0 Å². The fourth-order valence-corrected chi connectivity index (χ4v) is 3.84. The fourth-order valence-electron chi connectivity index (χ4n) is 2.62. The number of halogens is 1. The molecule has 0 fully saturated rings. The summed E-state index contributed by atoms with van der Waals surface area (Å²) >= 11 is 3.34. The second kappa shape index (κ2) is 6.45. The number of fused-ring (bicyclic) bond motifs is 1. The van der Waals surface area contributed by atoms with Crippen molar-refractivity contribution in [2.24, 2.45) is 0 Å². The van der Waals surface area contributed by atoms with Crippen LogP contribution in [0, 0.1) is 0 Å². The molecule has 0 radical (unpaired) electrons. The van der Waals surface area contributed by atoms with Crippen molar-refractivity contribution >= 4 is 49.0 Å². The van der Waals surface area contributed by atoms with Gasteiger partial charge < -0.3 is 10.6 Å². The van der Waals surface area contributed by atoms with E-state index < -0.39 is 10.0 Å². The first-order valence-corrected chi connectivity index (χ1v) is 9.91. The highest BCUT2D eigenvalue weighted by Crippen LogP contribution is 2.32. The third-order valence-corrected chi connectivity index (χ3v) is 5.40. The summed E-state index contributed by atoms with van der Waals surface area (Å²) in [6.45, 7) is 0.433. The Labute approximate surface area is 149 Å². The Bertz CT molecular complexity index is 882. The number of nitrogens with one attached hydrogen (secondary N) is 2. The van der Waals surface area contributed by atoms with Gasteiger partial charge in [0.25, 0.3) is 0 Å². The standard InChI is InChI=1S/C16H16BrN3O3S/c1-24(22,23)20-9-8-11-10-14(6-7-15(11)20)19-16(21)18-13-4-2-12(17)3-5-13/h2-7,10H,8-9H2,1H3,(H2,18,19,21). The Morgan fingerprint density at radius 2 is 1.71 bits per heavy atom. The van der Waals surface area contributed by atoms with E-state index >= 15 is 0 Å². The average molecular weight is 410 g/mol. The van der Waals surface area contributed by atoms with Crippen molar-refractivity contribution in [3.8, 4) is 0 Å². The van der Waals surface area contributed by atoms with Gasteiger partial charge in [-0.05, 0) is 54.4 Å². The van der Waals surface area contributed by atoms with Gasteiger partial charge in [-0.15, -0.1) is 0 Å². The van der Waals surface area contributed by atoms with E-state index in [0.29, 0.717) is 30.0 Å². The van der Waals surface area contributed by atoms with Gasteiger partial charge in [-0.25, -0.2) is 13.2 Å². The molecular formula is C16H16BrN3O3S. The molecule has 3 rings (SSSR count). The van der Waals surface area contributed by atoms with Gasteiger partial charge in [0.2, 0.25) is 10.0 Å². The smallest absolute Gasteiger partial charge is 0.308 e.